The second kappa shape index (κ2) is 5.87. The molecule has 1 aromatic carbocycles. The van der Waals surface area contributed by atoms with Gasteiger partial charge < -0.3 is 16.3 Å². The van der Waals surface area contributed by atoms with Gasteiger partial charge in [0.15, 0.2) is 5.84 Å². The Hall–Kier alpha value is -1.55. The highest BCUT2D eigenvalue weighted by molar-refractivity contribution is 5.96. The standard InChI is InChI=1S/C14H21N3O/c1-10(12-6-7-12)8-16-9-11-2-4-13(5-3-11)14(15)17-18/h2-5,10,12,16,18H,6-9H2,1H3,(H2,15,17). The van der Waals surface area contributed by atoms with Crippen molar-refractivity contribution < 1.29 is 5.21 Å². The Labute approximate surface area is 108 Å². The van der Waals surface area contributed by atoms with Crippen LogP contribution in [0, 0.1) is 11.8 Å². The molecule has 0 amide bonds. The third-order valence-corrected chi connectivity index (χ3v) is 3.58. The number of nitrogens with one attached hydrogen (secondary N) is 1. The highest BCUT2D eigenvalue weighted by atomic mass is 16.4. The summed E-state index contributed by atoms with van der Waals surface area (Å²) in [6.45, 7) is 4.26. The lowest BCUT2D eigenvalue weighted by Crippen LogP contribution is -2.22. The molecule has 1 unspecified atom stereocenters. The largest absolute Gasteiger partial charge is 0.409 e. The second-order valence-corrected chi connectivity index (χ2v) is 5.13. The Kier molecular flexibility index (Phi) is 4.20. The third kappa shape index (κ3) is 3.47. The average molecular weight is 247 g/mol. The number of rotatable bonds is 6. The van der Waals surface area contributed by atoms with E-state index in [1.807, 2.05) is 24.3 Å². The molecule has 4 heteroatoms. The number of hydrogen-bond acceptors (Lipinski definition) is 3. The normalized spacial score (nSPS) is 17.7. The van der Waals surface area contributed by atoms with Gasteiger partial charge in [0.1, 0.15) is 0 Å². The van der Waals surface area contributed by atoms with Gasteiger partial charge in [0.05, 0.1) is 0 Å². The van der Waals surface area contributed by atoms with Crippen LogP contribution in [0.4, 0.5) is 0 Å². The van der Waals surface area contributed by atoms with Crippen molar-refractivity contribution in [2.24, 2.45) is 22.7 Å². The minimum atomic E-state index is 0.150. The summed E-state index contributed by atoms with van der Waals surface area (Å²) in [4.78, 5) is 0. The zero-order chi connectivity index (χ0) is 13.0. The van der Waals surface area contributed by atoms with E-state index in [-0.39, 0.29) is 5.84 Å². The first kappa shape index (κ1) is 12.9. The fourth-order valence-electron chi connectivity index (χ4n) is 2.13. The maximum Gasteiger partial charge on any atom is 0.170 e. The van der Waals surface area contributed by atoms with Crippen molar-refractivity contribution in [1.29, 1.82) is 0 Å². The molecule has 2 rings (SSSR count). The maximum absolute atomic E-state index is 8.57. The van der Waals surface area contributed by atoms with Crippen LogP contribution in [0.3, 0.4) is 0 Å². The van der Waals surface area contributed by atoms with E-state index >= 15 is 0 Å². The summed E-state index contributed by atoms with van der Waals surface area (Å²) in [5.74, 6) is 1.87. The Morgan fingerprint density at radius 2 is 2.11 bits per heavy atom. The molecule has 0 radical (unpaired) electrons. The Bertz CT molecular complexity index is 410. The van der Waals surface area contributed by atoms with Crippen molar-refractivity contribution >= 4 is 5.84 Å². The summed E-state index contributed by atoms with van der Waals surface area (Å²) in [6, 6.07) is 7.75. The molecule has 0 heterocycles. The number of benzene rings is 1. The predicted molar refractivity (Wildman–Crippen MR) is 72.5 cm³/mol. The van der Waals surface area contributed by atoms with E-state index in [9.17, 15) is 0 Å². The van der Waals surface area contributed by atoms with Crippen LogP contribution in [0.1, 0.15) is 30.9 Å². The smallest absolute Gasteiger partial charge is 0.170 e. The second-order valence-electron chi connectivity index (χ2n) is 5.13. The molecule has 4 nitrogen and oxygen atoms in total. The Morgan fingerprint density at radius 3 is 2.67 bits per heavy atom. The lowest BCUT2D eigenvalue weighted by Gasteiger charge is -2.11. The summed E-state index contributed by atoms with van der Waals surface area (Å²) in [6.07, 6.45) is 2.80. The van der Waals surface area contributed by atoms with E-state index in [1.54, 1.807) is 0 Å². The molecule has 0 aromatic heterocycles. The molecule has 1 atom stereocenters. The molecule has 98 valence electrons. The fraction of sp³-hybridized carbons (Fsp3) is 0.500. The first-order valence-electron chi connectivity index (χ1n) is 6.48. The van der Waals surface area contributed by atoms with Gasteiger partial charge in [-0.25, -0.2) is 0 Å². The Balaban J connectivity index is 1.79. The molecule has 1 fully saturated rings. The number of amidine groups is 1. The average Bonchev–Trinajstić information content (AvgIpc) is 3.23. The van der Waals surface area contributed by atoms with Crippen LogP contribution in [0.25, 0.3) is 0 Å². The summed E-state index contributed by atoms with van der Waals surface area (Å²) in [5.41, 5.74) is 7.47. The molecule has 1 aliphatic rings. The Morgan fingerprint density at radius 1 is 1.44 bits per heavy atom. The molecule has 1 aliphatic carbocycles. The molecule has 0 bridgehead atoms. The van der Waals surface area contributed by atoms with Gasteiger partial charge in [-0.15, -0.1) is 0 Å². The van der Waals surface area contributed by atoms with Gasteiger partial charge in [-0.2, -0.15) is 0 Å². The first-order valence-corrected chi connectivity index (χ1v) is 6.48. The lowest BCUT2D eigenvalue weighted by atomic mass is 10.1. The molecule has 18 heavy (non-hydrogen) atoms. The number of oxime groups is 1. The predicted octanol–water partition coefficient (Wildman–Crippen LogP) is 1.92. The van der Waals surface area contributed by atoms with E-state index in [0.29, 0.717) is 0 Å². The van der Waals surface area contributed by atoms with Gasteiger partial charge in [-0.1, -0.05) is 36.3 Å². The molecule has 1 aromatic rings. The van der Waals surface area contributed by atoms with E-state index in [0.717, 1.165) is 30.5 Å². The molecule has 4 N–H and O–H groups in total. The summed E-state index contributed by atoms with van der Waals surface area (Å²) < 4.78 is 0. The van der Waals surface area contributed by atoms with Crippen molar-refractivity contribution in [2.75, 3.05) is 6.54 Å². The third-order valence-electron chi connectivity index (χ3n) is 3.58. The zero-order valence-electron chi connectivity index (χ0n) is 10.8. The van der Waals surface area contributed by atoms with E-state index < -0.39 is 0 Å². The van der Waals surface area contributed by atoms with Crippen molar-refractivity contribution in [1.82, 2.24) is 5.32 Å². The highest BCUT2D eigenvalue weighted by Gasteiger charge is 2.27. The summed E-state index contributed by atoms with van der Waals surface area (Å²) in [7, 11) is 0. The van der Waals surface area contributed by atoms with Crippen LogP contribution in [0.5, 0.6) is 0 Å². The van der Waals surface area contributed by atoms with Crippen LogP contribution in [0.15, 0.2) is 29.4 Å². The molecule has 0 spiro atoms. The van der Waals surface area contributed by atoms with Crippen molar-refractivity contribution in [3.63, 3.8) is 0 Å². The monoisotopic (exact) mass is 247 g/mol. The summed E-state index contributed by atoms with van der Waals surface area (Å²) >= 11 is 0. The van der Waals surface area contributed by atoms with Crippen LogP contribution < -0.4 is 11.1 Å². The molecule has 0 aliphatic heterocycles. The topological polar surface area (TPSA) is 70.6 Å². The van der Waals surface area contributed by atoms with E-state index in [4.69, 9.17) is 10.9 Å². The number of nitrogens with two attached hydrogens (primary N) is 1. The zero-order valence-corrected chi connectivity index (χ0v) is 10.8. The number of nitrogens with zero attached hydrogens (tertiary/aromatic N) is 1. The fourth-order valence-corrected chi connectivity index (χ4v) is 2.13. The summed E-state index contributed by atoms with van der Waals surface area (Å²) in [5, 5.41) is 15.0. The van der Waals surface area contributed by atoms with Gasteiger partial charge >= 0.3 is 0 Å². The van der Waals surface area contributed by atoms with Crippen LogP contribution >= 0.6 is 0 Å². The maximum atomic E-state index is 8.57. The van der Waals surface area contributed by atoms with Crippen LogP contribution in [-0.4, -0.2) is 17.6 Å². The quantitative estimate of drug-likeness (QED) is 0.311. The van der Waals surface area contributed by atoms with Gasteiger partial charge in [0.2, 0.25) is 0 Å². The van der Waals surface area contributed by atoms with Crippen LogP contribution in [-0.2, 0) is 6.54 Å². The molecule has 1 saturated carbocycles. The van der Waals surface area contributed by atoms with Crippen LogP contribution in [0.2, 0.25) is 0 Å². The molecular formula is C14H21N3O. The van der Waals surface area contributed by atoms with Gasteiger partial charge in [-0.05, 0) is 36.8 Å². The van der Waals surface area contributed by atoms with Crippen molar-refractivity contribution in [2.45, 2.75) is 26.3 Å². The van der Waals surface area contributed by atoms with Gasteiger partial charge in [0, 0.05) is 12.1 Å². The lowest BCUT2D eigenvalue weighted by molar-refractivity contribution is 0.318. The number of hydrogen-bond donors (Lipinski definition) is 3. The molecule has 0 saturated heterocycles. The minimum absolute atomic E-state index is 0.150. The highest BCUT2D eigenvalue weighted by Crippen LogP contribution is 2.36. The van der Waals surface area contributed by atoms with Crippen molar-refractivity contribution in [3.8, 4) is 0 Å². The van der Waals surface area contributed by atoms with E-state index in [1.165, 1.54) is 18.4 Å². The molecular weight excluding hydrogens is 226 g/mol. The van der Waals surface area contributed by atoms with Gasteiger partial charge in [0.25, 0.3) is 0 Å². The minimum Gasteiger partial charge on any atom is -0.409 e. The first-order chi connectivity index (χ1) is 8.70. The van der Waals surface area contributed by atoms with E-state index in [2.05, 4.69) is 17.4 Å². The van der Waals surface area contributed by atoms with Crippen molar-refractivity contribution in [3.05, 3.63) is 35.4 Å². The SMILES string of the molecule is CC(CNCc1ccc(/C(N)=N/O)cc1)C1CC1. The van der Waals surface area contributed by atoms with Gasteiger partial charge in [-0.3, -0.25) is 0 Å².